The summed E-state index contributed by atoms with van der Waals surface area (Å²) in [5.74, 6) is -0.213. The Labute approximate surface area is 147 Å². The number of esters is 1. The molecule has 0 N–H and O–H groups in total. The molecule has 0 spiro atoms. The normalized spacial score (nSPS) is 15.8. The summed E-state index contributed by atoms with van der Waals surface area (Å²) >= 11 is 0. The van der Waals surface area contributed by atoms with Crippen LogP contribution in [0.15, 0.2) is 23.1 Å². The molecular formula is C18H26N2O5. The molecule has 1 aromatic rings. The number of nitrogens with zero attached hydrogens (tertiary/aromatic N) is 2. The second kappa shape index (κ2) is 7.72. The summed E-state index contributed by atoms with van der Waals surface area (Å²) in [6, 6.07) is 2.88. The highest BCUT2D eigenvalue weighted by Crippen LogP contribution is 2.20. The summed E-state index contributed by atoms with van der Waals surface area (Å²) in [4.78, 5) is 37.4. The fraction of sp³-hybridized carbons (Fsp3) is 0.611. The van der Waals surface area contributed by atoms with Gasteiger partial charge in [-0.25, -0.2) is 9.59 Å². The van der Waals surface area contributed by atoms with Crippen molar-refractivity contribution in [3.63, 3.8) is 0 Å². The zero-order chi connectivity index (χ0) is 18.6. The highest BCUT2D eigenvalue weighted by Gasteiger charge is 2.27. The number of ether oxygens (including phenoxy) is 2. The molecular weight excluding hydrogens is 324 g/mol. The molecule has 7 nitrogen and oxygen atoms in total. The molecule has 138 valence electrons. The van der Waals surface area contributed by atoms with Crippen molar-refractivity contribution in [3.8, 4) is 0 Å². The van der Waals surface area contributed by atoms with Crippen molar-refractivity contribution in [2.24, 2.45) is 5.92 Å². The van der Waals surface area contributed by atoms with Crippen molar-refractivity contribution in [3.05, 3.63) is 34.2 Å². The Morgan fingerprint density at radius 1 is 1.24 bits per heavy atom. The molecule has 0 bridgehead atoms. The van der Waals surface area contributed by atoms with Crippen LogP contribution in [0, 0.1) is 5.92 Å². The molecule has 2 heterocycles. The van der Waals surface area contributed by atoms with Crippen LogP contribution in [0.3, 0.4) is 0 Å². The van der Waals surface area contributed by atoms with Gasteiger partial charge in [-0.1, -0.05) is 0 Å². The number of aromatic nitrogens is 1. The number of amides is 1. The number of rotatable bonds is 3. The third-order valence-corrected chi connectivity index (χ3v) is 4.14. The lowest BCUT2D eigenvalue weighted by molar-refractivity contribution is 0.0178. The summed E-state index contributed by atoms with van der Waals surface area (Å²) in [5, 5.41) is 0. The predicted molar refractivity (Wildman–Crippen MR) is 92.6 cm³/mol. The number of carbonyl (C=O) groups excluding carboxylic acids is 2. The van der Waals surface area contributed by atoms with Crippen LogP contribution in [0.25, 0.3) is 0 Å². The Kier molecular flexibility index (Phi) is 5.87. The minimum Gasteiger partial charge on any atom is -0.465 e. The van der Waals surface area contributed by atoms with Gasteiger partial charge in [-0.05, 0) is 45.6 Å². The van der Waals surface area contributed by atoms with Gasteiger partial charge in [0.25, 0.3) is 5.56 Å². The average Bonchev–Trinajstić information content (AvgIpc) is 2.55. The van der Waals surface area contributed by atoms with E-state index < -0.39 is 11.6 Å². The molecule has 0 saturated carbocycles. The molecule has 25 heavy (non-hydrogen) atoms. The van der Waals surface area contributed by atoms with Crippen molar-refractivity contribution in [1.29, 1.82) is 0 Å². The molecule has 1 aliphatic rings. The van der Waals surface area contributed by atoms with Gasteiger partial charge in [-0.2, -0.15) is 0 Å². The number of methoxy groups -OCH3 is 1. The second-order valence-electron chi connectivity index (χ2n) is 7.31. The summed E-state index contributed by atoms with van der Waals surface area (Å²) in [6.45, 7) is 7.36. The third kappa shape index (κ3) is 5.34. The van der Waals surface area contributed by atoms with Crippen LogP contribution in [-0.4, -0.2) is 47.3 Å². The Balaban J connectivity index is 1.91. The van der Waals surface area contributed by atoms with Gasteiger partial charge in [0.05, 0.1) is 12.7 Å². The molecule has 0 unspecified atom stereocenters. The fourth-order valence-corrected chi connectivity index (χ4v) is 2.81. The summed E-state index contributed by atoms with van der Waals surface area (Å²) in [5.41, 5.74) is -0.469. The van der Waals surface area contributed by atoms with E-state index >= 15 is 0 Å². The van der Waals surface area contributed by atoms with Crippen molar-refractivity contribution in [2.45, 2.75) is 45.8 Å². The maximum absolute atomic E-state index is 12.1. The molecule has 0 aliphatic carbocycles. The maximum atomic E-state index is 12.1. The van der Waals surface area contributed by atoms with E-state index in [1.54, 1.807) is 21.7 Å². The molecule has 1 aromatic heterocycles. The van der Waals surface area contributed by atoms with E-state index in [-0.39, 0.29) is 17.2 Å². The van der Waals surface area contributed by atoms with Crippen LogP contribution in [0.5, 0.6) is 0 Å². The van der Waals surface area contributed by atoms with Crippen LogP contribution in [0.1, 0.15) is 44.0 Å². The van der Waals surface area contributed by atoms with E-state index in [0.717, 1.165) is 12.8 Å². The van der Waals surface area contributed by atoms with Crippen LogP contribution in [0.4, 0.5) is 4.79 Å². The van der Waals surface area contributed by atoms with Crippen molar-refractivity contribution in [2.75, 3.05) is 20.2 Å². The topological polar surface area (TPSA) is 77.8 Å². The van der Waals surface area contributed by atoms with E-state index in [0.29, 0.717) is 25.6 Å². The average molecular weight is 350 g/mol. The minimum atomic E-state index is -0.519. The van der Waals surface area contributed by atoms with E-state index in [1.165, 1.54) is 13.2 Å². The van der Waals surface area contributed by atoms with Crippen molar-refractivity contribution < 1.29 is 19.1 Å². The van der Waals surface area contributed by atoms with Gasteiger partial charge in [-0.15, -0.1) is 0 Å². The molecule has 0 aromatic carbocycles. The van der Waals surface area contributed by atoms with Gasteiger partial charge in [0.15, 0.2) is 0 Å². The first kappa shape index (κ1) is 19.0. The molecule has 0 atom stereocenters. The van der Waals surface area contributed by atoms with Crippen LogP contribution >= 0.6 is 0 Å². The highest BCUT2D eigenvalue weighted by molar-refractivity contribution is 5.88. The molecule has 7 heteroatoms. The molecule has 1 amide bonds. The standard InChI is InChI=1S/C18H26N2O5/c1-18(2,3)25-17(23)19-8-5-13(6-9-19)12-20-10-7-14(11-15(20)21)16(22)24-4/h7,10-11,13H,5-6,8-9,12H2,1-4H3. The Morgan fingerprint density at radius 3 is 2.40 bits per heavy atom. The van der Waals surface area contributed by atoms with Crippen molar-refractivity contribution in [1.82, 2.24) is 9.47 Å². The van der Waals surface area contributed by atoms with E-state index in [4.69, 9.17) is 4.74 Å². The Bertz CT molecular complexity index is 681. The number of hydrogen-bond acceptors (Lipinski definition) is 5. The summed E-state index contributed by atoms with van der Waals surface area (Å²) < 4.78 is 11.6. The molecule has 1 fully saturated rings. The molecule has 1 aliphatic heterocycles. The van der Waals surface area contributed by atoms with Gasteiger partial charge in [0.1, 0.15) is 5.60 Å². The van der Waals surface area contributed by atoms with Crippen molar-refractivity contribution >= 4 is 12.1 Å². The first-order valence-electron chi connectivity index (χ1n) is 8.46. The number of piperidine rings is 1. The highest BCUT2D eigenvalue weighted by atomic mass is 16.6. The smallest absolute Gasteiger partial charge is 0.410 e. The summed E-state index contributed by atoms with van der Waals surface area (Å²) in [7, 11) is 1.28. The first-order chi connectivity index (χ1) is 11.7. The lowest BCUT2D eigenvalue weighted by Crippen LogP contribution is -2.42. The number of likely N-dealkylation sites (tertiary alicyclic amines) is 1. The number of hydrogen-bond donors (Lipinski definition) is 0. The minimum absolute atomic E-state index is 0.225. The molecule has 0 radical (unpaired) electrons. The SMILES string of the molecule is COC(=O)c1ccn(CC2CCN(C(=O)OC(C)(C)C)CC2)c(=O)c1. The molecule has 1 saturated heterocycles. The van der Waals surface area contributed by atoms with Gasteiger partial charge < -0.3 is 18.9 Å². The first-order valence-corrected chi connectivity index (χ1v) is 8.46. The summed E-state index contributed by atoms with van der Waals surface area (Å²) in [6.07, 6.45) is 2.95. The van der Waals surface area contributed by atoms with Gasteiger partial charge in [-0.3, -0.25) is 4.79 Å². The third-order valence-electron chi connectivity index (χ3n) is 4.14. The molecule has 2 rings (SSSR count). The maximum Gasteiger partial charge on any atom is 0.410 e. The Morgan fingerprint density at radius 2 is 1.88 bits per heavy atom. The predicted octanol–water partition coefficient (Wildman–Crippen LogP) is 2.28. The van der Waals surface area contributed by atoms with Gasteiger partial charge >= 0.3 is 12.1 Å². The van der Waals surface area contributed by atoms with Crippen LogP contribution in [0.2, 0.25) is 0 Å². The fourth-order valence-electron chi connectivity index (χ4n) is 2.81. The lowest BCUT2D eigenvalue weighted by Gasteiger charge is -2.33. The Hall–Kier alpha value is -2.31. The van der Waals surface area contributed by atoms with Crippen LogP contribution < -0.4 is 5.56 Å². The van der Waals surface area contributed by atoms with E-state index in [9.17, 15) is 14.4 Å². The van der Waals surface area contributed by atoms with Gasteiger partial charge in [0.2, 0.25) is 0 Å². The lowest BCUT2D eigenvalue weighted by atomic mass is 9.97. The quantitative estimate of drug-likeness (QED) is 0.782. The second-order valence-corrected chi connectivity index (χ2v) is 7.31. The van der Waals surface area contributed by atoms with Gasteiger partial charge in [0, 0.05) is 31.9 Å². The zero-order valence-corrected chi connectivity index (χ0v) is 15.3. The van der Waals surface area contributed by atoms with Crippen LogP contribution in [-0.2, 0) is 16.0 Å². The number of pyridine rings is 1. The van der Waals surface area contributed by atoms with E-state index in [1.807, 2.05) is 20.8 Å². The monoisotopic (exact) mass is 350 g/mol. The largest absolute Gasteiger partial charge is 0.465 e. The van der Waals surface area contributed by atoms with E-state index in [2.05, 4.69) is 4.74 Å². The number of carbonyl (C=O) groups is 2. The zero-order valence-electron chi connectivity index (χ0n) is 15.3.